The molecule has 3 aromatic rings. The molecule has 0 aliphatic heterocycles. The predicted octanol–water partition coefficient (Wildman–Crippen LogP) is 4.43. The number of ether oxygens (including phenoxy) is 1. The van der Waals surface area contributed by atoms with Gasteiger partial charge in [-0.2, -0.15) is 0 Å². The Morgan fingerprint density at radius 3 is 2.83 bits per heavy atom. The molecule has 24 heavy (non-hydrogen) atoms. The molecule has 1 aromatic heterocycles. The van der Waals surface area contributed by atoms with E-state index in [4.69, 9.17) is 4.74 Å². The molecule has 0 aliphatic rings. The van der Waals surface area contributed by atoms with Crippen molar-refractivity contribution < 1.29 is 9.53 Å². The van der Waals surface area contributed by atoms with E-state index in [2.05, 4.69) is 48.2 Å². The average Bonchev–Trinajstić information content (AvgIpc) is 2.97. The van der Waals surface area contributed by atoms with E-state index in [1.54, 1.807) is 0 Å². The molecule has 124 valence electrons. The lowest BCUT2D eigenvalue weighted by Gasteiger charge is -2.09. The number of hydrogen-bond donors (Lipinski definition) is 2. The van der Waals surface area contributed by atoms with Crippen LogP contribution in [0.4, 0.5) is 0 Å². The van der Waals surface area contributed by atoms with E-state index in [9.17, 15) is 4.79 Å². The van der Waals surface area contributed by atoms with Gasteiger partial charge in [-0.15, -0.1) is 0 Å². The van der Waals surface area contributed by atoms with Gasteiger partial charge in [0.05, 0.1) is 4.47 Å². The van der Waals surface area contributed by atoms with E-state index in [-0.39, 0.29) is 12.5 Å². The van der Waals surface area contributed by atoms with Crippen LogP contribution in [0, 0.1) is 0 Å². The third kappa shape index (κ3) is 4.19. The fraction of sp³-hybridized carbons (Fsp3) is 0.167. The topological polar surface area (TPSA) is 54.1 Å². The van der Waals surface area contributed by atoms with Crippen LogP contribution in [0.1, 0.15) is 5.56 Å². The highest BCUT2D eigenvalue weighted by molar-refractivity contribution is 9.11. The Morgan fingerprint density at radius 2 is 2.00 bits per heavy atom. The van der Waals surface area contributed by atoms with Crippen molar-refractivity contribution in [3.63, 3.8) is 0 Å². The molecule has 2 N–H and O–H groups in total. The van der Waals surface area contributed by atoms with E-state index in [1.165, 1.54) is 10.9 Å². The first kappa shape index (κ1) is 17.0. The minimum Gasteiger partial charge on any atom is -0.483 e. The minimum absolute atomic E-state index is 0.00584. The molecule has 0 atom stereocenters. The van der Waals surface area contributed by atoms with Gasteiger partial charge in [-0.25, -0.2) is 0 Å². The van der Waals surface area contributed by atoms with Crippen molar-refractivity contribution >= 4 is 48.7 Å². The lowest BCUT2D eigenvalue weighted by Crippen LogP contribution is -2.30. The highest BCUT2D eigenvalue weighted by atomic mass is 79.9. The second-order valence-corrected chi connectivity index (χ2v) is 7.09. The van der Waals surface area contributed by atoms with E-state index in [0.29, 0.717) is 12.3 Å². The SMILES string of the molecule is O=C(COc1ccc(Br)cc1Br)NCCc1c[nH]c2ccccc12. The summed E-state index contributed by atoms with van der Waals surface area (Å²) < 4.78 is 7.28. The molecule has 0 saturated carbocycles. The predicted molar refractivity (Wildman–Crippen MR) is 102 cm³/mol. The Bertz CT molecular complexity index is 861. The number of nitrogens with one attached hydrogen (secondary N) is 2. The molecule has 2 aromatic carbocycles. The first-order chi connectivity index (χ1) is 11.6. The number of aromatic amines is 1. The number of benzene rings is 2. The van der Waals surface area contributed by atoms with E-state index >= 15 is 0 Å². The number of rotatable bonds is 6. The summed E-state index contributed by atoms with van der Waals surface area (Å²) in [6.45, 7) is 0.569. The third-order valence-corrected chi connectivity index (χ3v) is 4.76. The number of aromatic nitrogens is 1. The minimum atomic E-state index is -0.135. The Labute approximate surface area is 156 Å². The van der Waals surface area contributed by atoms with Gasteiger partial charge in [-0.05, 0) is 52.2 Å². The molecule has 0 aliphatic carbocycles. The van der Waals surface area contributed by atoms with Gasteiger partial charge >= 0.3 is 0 Å². The summed E-state index contributed by atoms with van der Waals surface area (Å²) in [4.78, 5) is 15.2. The standard InChI is InChI=1S/C18H16Br2N2O2/c19-13-5-6-17(15(20)9-13)24-11-18(23)21-8-7-12-10-22-16-4-2-1-3-14(12)16/h1-6,9-10,22H,7-8,11H2,(H,21,23). The molecule has 0 saturated heterocycles. The van der Waals surface area contributed by atoms with Crippen LogP contribution in [0.15, 0.2) is 57.6 Å². The van der Waals surface area contributed by atoms with Gasteiger partial charge in [0, 0.05) is 28.1 Å². The van der Waals surface area contributed by atoms with Crippen LogP contribution in [0.2, 0.25) is 0 Å². The monoisotopic (exact) mass is 450 g/mol. The summed E-state index contributed by atoms with van der Waals surface area (Å²) in [5.74, 6) is 0.509. The highest BCUT2D eigenvalue weighted by Gasteiger charge is 2.07. The molecule has 0 bridgehead atoms. The first-order valence-electron chi connectivity index (χ1n) is 7.53. The maximum absolute atomic E-state index is 11.9. The van der Waals surface area contributed by atoms with Crippen LogP contribution in [0.25, 0.3) is 10.9 Å². The lowest BCUT2D eigenvalue weighted by molar-refractivity contribution is -0.123. The first-order valence-corrected chi connectivity index (χ1v) is 9.11. The Kier molecular flexibility index (Phi) is 5.58. The number of H-pyrrole nitrogens is 1. The molecular formula is C18H16Br2N2O2. The summed E-state index contributed by atoms with van der Waals surface area (Å²) in [5, 5.41) is 4.08. The van der Waals surface area contributed by atoms with E-state index in [1.807, 2.05) is 42.6 Å². The molecule has 4 nitrogen and oxygen atoms in total. The maximum Gasteiger partial charge on any atom is 0.257 e. The normalized spacial score (nSPS) is 10.8. The summed E-state index contributed by atoms with van der Waals surface area (Å²) in [6.07, 6.45) is 2.77. The zero-order chi connectivity index (χ0) is 16.9. The Balaban J connectivity index is 1.47. The van der Waals surface area contributed by atoms with Crippen LogP contribution < -0.4 is 10.1 Å². The molecule has 1 amide bonds. The number of hydrogen-bond acceptors (Lipinski definition) is 2. The lowest BCUT2D eigenvalue weighted by atomic mass is 10.1. The average molecular weight is 452 g/mol. The number of halogens is 2. The Morgan fingerprint density at radius 1 is 1.17 bits per heavy atom. The molecular weight excluding hydrogens is 436 g/mol. The van der Waals surface area contributed by atoms with Crippen molar-refractivity contribution in [2.24, 2.45) is 0 Å². The second-order valence-electron chi connectivity index (χ2n) is 5.32. The number of para-hydroxylation sites is 1. The summed E-state index contributed by atoms with van der Waals surface area (Å²) >= 11 is 6.79. The van der Waals surface area contributed by atoms with Crippen LogP contribution >= 0.6 is 31.9 Å². The van der Waals surface area contributed by atoms with Gasteiger partial charge in [0.15, 0.2) is 6.61 Å². The van der Waals surface area contributed by atoms with Gasteiger partial charge < -0.3 is 15.0 Å². The molecule has 0 fully saturated rings. The molecule has 1 heterocycles. The van der Waals surface area contributed by atoms with Gasteiger partial charge in [-0.1, -0.05) is 34.1 Å². The van der Waals surface area contributed by atoms with Crippen LogP contribution in [-0.2, 0) is 11.2 Å². The van der Waals surface area contributed by atoms with Crippen molar-refractivity contribution in [2.45, 2.75) is 6.42 Å². The van der Waals surface area contributed by atoms with E-state index < -0.39 is 0 Å². The largest absolute Gasteiger partial charge is 0.483 e. The van der Waals surface area contributed by atoms with Crippen molar-refractivity contribution in [3.05, 3.63) is 63.2 Å². The summed E-state index contributed by atoms with van der Waals surface area (Å²) in [7, 11) is 0. The van der Waals surface area contributed by atoms with Crippen molar-refractivity contribution in [3.8, 4) is 5.75 Å². The van der Waals surface area contributed by atoms with Crippen molar-refractivity contribution in [1.82, 2.24) is 10.3 Å². The van der Waals surface area contributed by atoms with Crippen LogP contribution in [0.5, 0.6) is 5.75 Å². The summed E-state index contributed by atoms with van der Waals surface area (Å²) in [6, 6.07) is 13.7. The zero-order valence-corrected chi connectivity index (χ0v) is 16.0. The van der Waals surface area contributed by atoms with Crippen LogP contribution in [-0.4, -0.2) is 24.0 Å². The number of fused-ring (bicyclic) bond motifs is 1. The maximum atomic E-state index is 11.9. The number of carbonyl (C=O) groups is 1. The van der Waals surface area contributed by atoms with Gasteiger partial charge in [-0.3, -0.25) is 4.79 Å². The molecule has 0 unspecified atom stereocenters. The molecule has 6 heteroatoms. The second kappa shape index (κ2) is 7.85. The highest BCUT2D eigenvalue weighted by Crippen LogP contribution is 2.28. The zero-order valence-electron chi connectivity index (χ0n) is 12.8. The summed E-state index contributed by atoms with van der Waals surface area (Å²) in [5.41, 5.74) is 2.31. The Hall–Kier alpha value is -1.79. The van der Waals surface area contributed by atoms with Gasteiger partial charge in [0.25, 0.3) is 5.91 Å². The quantitative estimate of drug-likeness (QED) is 0.582. The molecule has 0 spiro atoms. The smallest absolute Gasteiger partial charge is 0.257 e. The van der Waals surface area contributed by atoms with Crippen LogP contribution in [0.3, 0.4) is 0 Å². The third-order valence-electron chi connectivity index (χ3n) is 3.64. The molecule has 3 rings (SSSR count). The van der Waals surface area contributed by atoms with E-state index in [0.717, 1.165) is 20.9 Å². The van der Waals surface area contributed by atoms with Crippen molar-refractivity contribution in [2.75, 3.05) is 13.2 Å². The van der Waals surface area contributed by atoms with Gasteiger partial charge in [0.2, 0.25) is 0 Å². The fourth-order valence-electron chi connectivity index (χ4n) is 2.46. The number of carbonyl (C=O) groups excluding carboxylic acids is 1. The fourth-order valence-corrected chi connectivity index (χ4v) is 3.62. The molecule has 0 radical (unpaired) electrons. The van der Waals surface area contributed by atoms with Crippen molar-refractivity contribution in [1.29, 1.82) is 0 Å². The van der Waals surface area contributed by atoms with Gasteiger partial charge in [0.1, 0.15) is 5.75 Å². The number of amides is 1.